The highest BCUT2D eigenvalue weighted by atomic mass is 32.1. The Hall–Kier alpha value is -1.23. The van der Waals surface area contributed by atoms with Crippen LogP contribution in [0.3, 0.4) is 0 Å². The van der Waals surface area contributed by atoms with Crippen molar-refractivity contribution < 1.29 is 0 Å². The fourth-order valence-corrected chi connectivity index (χ4v) is 2.80. The van der Waals surface area contributed by atoms with Gasteiger partial charge in [0.25, 0.3) is 0 Å². The molecule has 2 heterocycles. The summed E-state index contributed by atoms with van der Waals surface area (Å²) in [7, 11) is 0. The largest absolute Gasteiger partial charge is 0.255 e. The predicted octanol–water partition coefficient (Wildman–Crippen LogP) is 3.24. The minimum atomic E-state index is 0.872. The van der Waals surface area contributed by atoms with Gasteiger partial charge in [0, 0.05) is 11.1 Å². The summed E-state index contributed by atoms with van der Waals surface area (Å²) < 4.78 is 0. The molecular weight excluding hydrogens is 254 g/mol. The zero-order chi connectivity index (χ0) is 13.5. The molecule has 0 fully saturated rings. The molecule has 0 aliphatic heterocycles. The van der Waals surface area contributed by atoms with E-state index in [4.69, 9.17) is 0 Å². The van der Waals surface area contributed by atoms with Gasteiger partial charge in [-0.25, -0.2) is 0 Å². The highest BCUT2D eigenvalue weighted by Crippen LogP contribution is 2.13. The highest BCUT2D eigenvalue weighted by molar-refractivity contribution is 7.09. The van der Waals surface area contributed by atoms with Crippen LogP contribution in [-0.2, 0) is 13.1 Å². The van der Waals surface area contributed by atoms with E-state index in [-0.39, 0.29) is 0 Å². The van der Waals surface area contributed by atoms with Crippen molar-refractivity contribution in [1.29, 1.82) is 0 Å². The van der Waals surface area contributed by atoms with Gasteiger partial charge in [-0.2, -0.15) is 0 Å². The Morgan fingerprint density at radius 1 is 1.21 bits per heavy atom. The van der Waals surface area contributed by atoms with Crippen LogP contribution in [0, 0.1) is 0 Å². The van der Waals surface area contributed by atoms with Crippen LogP contribution in [-0.4, -0.2) is 23.1 Å². The first-order valence-electron chi connectivity index (χ1n) is 6.75. The number of rotatable bonds is 7. The van der Waals surface area contributed by atoms with Crippen molar-refractivity contribution in [1.82, 2.24) is 15.0 Å². The number of hydrogen-bond donors (Lipinski definition) is 0. The molecule has 0 aliphatic carbocycles. The second kappa shape index (κ2) is 7.38. The Kier molecular flexibility index (Phi) is 5.51. The van der Waals surface area contributed by atoms with E-state index < -0.39 is 0 Å². The molecule has 0 spiro atoms. The van der Waals surface area contributed by atoms with Crippen molar-refractivity contribution in [2.24, 2.45) is 0 Å². The van der Waals surface area contributed by atoms with Gasteiger partial charge in [-0.15, -0.1) is 16.3 Å². The molecule has 0 bridgehead atoms. The molecule has 0 aromatic carbocycles. The lowest BCUT2D eigenvalue weighted by Gasteiger charge is -2.22. The number of hydrazine groups is 1. The maximum absolute atomic E-state index is 4.41. The van der Waals surface area contributed by atoms with E-state index >= 15 is 0 Å². The van der Waals surface area contributed by atoms with Crippen molar-refractivity contribution in [2.75, 3.05) is 13.1 Å². The molecule has 19 heavy (non-hydrogen) atoms. The summed E-state index contributed by atoms with van der Waals surface area (Å²) in [4.78, 5) is 5.82. The summed E-state index contributed by atoms with van der Waals surface area (Å²) >= 11 is 1.82. The van der Waals surface area contributed by atoms with Crippen molar-refractivity contribution in [2.45, 2.75) is 26.9 Å². The molecule has 0 atom stereocenters. The van der Waals surface area contributed by atoms with Gasteiger partial charge in [0.15, 0.2) is 6.54 Å². The Bertz CT molecular complexity index is 456. The Morgan fingerprint density at radius 2 is 2.11 bits per heavy atom. The Labute approximate surface area is 119 Å². The number of aromatic nitrogens is 1. The molecule has 0 saturated carbocycles. The van der Waals surface area contributed by atoms with Crippen LogP contribution in [0.15, 0.2) is 41.9 Å². The molecule has 2 aromatic heterocycles. The van der Waals surface area contributed by atoms with Crippen LogP contribution in [0.4, 0.5) is 0 Å². The zero-order valence-corrected chi connectivity index (χ0v) is 12.4. The van der Waals surface area contributed by atoms with Gasteiger partial charge in [-0.1, -0.05) is 17.1 Å². The molecule has 0 amide bonds. The molecule has 2 rings (SSSR count). The molecule has 1 radical (unpaired) electrons. The van der Waals surface area contributed by atoms with Gasteiger partial charge in [0.2, 0.25) is 0 Å². The third-order valence-electron chi connectivity index (χ3n) is 3.12. The van der Waals surface area contributed by atoms with Crippen LogP contribution in [0.1, 0.15) is 24.4 Å². The normalized spacial score (nSPS) is 11.4. The van der Waals surface area contributed by atoms with E-state index in [9.17, 15) is 0 Å². The average Bonchev–Trinajstić information content (AvgIpc) is 2.96. The van der Waals surface area contributed by atoms with Gasteiger partial charge in [-0.05, 0) is 37.4 Å². The number of pyridine rings is 1. The standard InChI is InChI=1S/C15H21N3S/c1-3-17(12-14-8-5-6-10-16-14)18(4-2)13-15-9-7-11-19-15/h5-11H,3-4,12-13H2,1-2H3/q+1. The molecule has 2 aromatic rings. The van der Waals surface area contributed by atoms with Crippen LogP contribution >= 0.6 is 11.3 Å². The first kappa shape index (κ1) is 14.2. The maximum atomic E-state index is 4.41. The third-order valence-corrected chi connectivity index (χ3v) is 3.98. The highest BCUT2D eigenvalue weighted by Gasteiger charge is 2.23. The second-order valence-electron chi connectivity index (χ2n) is 4.36. The quantitative estimate of drug-likeness (QED) is 0.571. The van der Waals surface area contributed by atoms with Crippen LogP contribution in [0.25, 0.3) is 0 Å². The van der Waals surface area contributed by atoms with Gasteiger partial charge in [-0.3, -0.25) is 4.98 Å². The Balaban J connectivity index is 2.02. The first-order valence-corrected chi connectivity index (χ1v) is 7.63. The van der Waals surface area contributed by atoms with E-state index in [1.807, 2.05) is 29.7 Å². The summed E-state index contributed by atoms with van der Waals surface area (Å²) in [5, 5.41) is 6.89. The molecule has 0 aliphatic rings. The molecule has 101 valence electrons. The van der Waals surface area contributed by atoms with E-state index in [0.29, 0.717) is 0 Å². The summed E-state index contributed by atoms with van der Waals surface area (Å²) in [6, 6.07) is 10.4. The summed E-state index contributed by atoms with van der Waals surface area (Å²) in [6.07, 6.45) is 1.86. The SMILES string of the molecule is CCN(Cc1cccs1)[N+](CC)Cc1ccccn1. The number of nitrogens with zero attached hydrogens (tertiary/aromatic N) is 3. The lowest BCUT2D eigenvalue weighted by Crippen LogP contribution is -2.46. The third kappa shape index (κ3) is 4.13. The van der Waals surface area contributed by atoms with Gasteiger partial charge in [0.05, 0.1) is 13.1 Å². The van der Waals surface area contributed by atoms with Crippen LogP contribution < -0.4 is 5.01 Å². The molecule has 0 N–H and O–H groups in total. The van der Waals surface area contributed by atoms with Crippen molar-refractivity contribution in [3.63, 3.8) is 0 Å². The van der Waals surface area contributed by atoms with Gasteiger partial charge < -0.3 is 0 Å². The average molecular weight is 275 g/mol. The van der Waals surface area contributed by atoms with E-state index in [1.165, 1.54) is 4.88 Å². The maximum Gasteiger partial charge on any atom is 0.186 e. The topological polar surface area (TPSA) is 22.0 Å². The summed E-state index contributed by atoms with van der Waals surface area (Å²) in [5.41, 5.74) is 1.12. The molecule has 0 saturated heterocycles. The van der Waals surface area contributed by atoms with E-state index in [1.54, 1.807) is 0 Å². The lowest BCUT2D eigenvalue weighted by atomic mass is 10.3. The summed E-state index contributed by atoms with van der Waals surface area (Å²) in [6.45, 7) is 8.26. The zero-order valence-electron chi connectivity index (χ0n) is 11.6. The van der Waals surface area contributed by atoms with Crippen molar-refractivity contribution in [3.8, 4) is 0 Å². The smallest absolute Gasteiger partial charge is 0.186 e. The minimum absolute atomic E-state index is 0.872. The van der Waals surface area contributed by atoms with Crippen LogP contribution in [0.5, 0.6) is 0 Å². The molecule has 4 heteroatoms. The fourth-order valence-electron chi connectivity index (χ4n) is 2.08. The van der Waals surface area contributed by atoms with Crippen molar-refractivity contribution >= 4 is 11.3 Å². The molecular formula is C15H21N3S+. The molecule has 0 unspecified atom stereocenters. The van der Waals surface area contributed by atoms with Crippen LogP contribution in [0.2, 0.25) is 0 Å². The molecule has 3 nitrogen and oxygen atoms in total. The van der Waals surface area contributed by atoms with Gasteiger partial charge in [0.1, 0.15) is 12.2 Å². The number of thiophene rings is 1. The van der Waals surface area contributed by atoms with Gasteiger partial charge >= 0.3 is 0 Å². The van der Waals surface area contributed by atoms with E-state index in [2.05, 4.69) is 52.4 Å². The minimum Gasteiger partial charge on any atom is -0.255 e. The monoisotopic (exact) mass is 275 g/mol. The Morgan fingerprint density at radius 3 is 2.68 bits per heavy atom. The number of hydrogen-bond acceptors (Lipinski definition) is 4. The summed E-state index contributed by atoms with van der Waals surface area (Å²) in [5.74, 6) is 0. The first-order chi connectivity index (χ1) is 9.33. The van der Waals surface area contributed by atoms with Crippen molar-refractivity contribution in [3.05, 3.63) is 52.5 Å². The lowest BCUT2D eigenvalue weighted by molar-refractivity contribution is 0.0617. The second-order valence-corrected chi connectivity index (χ2v) is 5.39. The van der Waals surface area contributed by atoms with E-state index in [0.717, 1.165) is 31.9 Å². The fraction of sp³-hybridized carbons (Fsp3) is 0.400. The predicted molar refractivity (Wildman–Crippen MR) is 81.0 cm³/mol.